The molecule has 152 valence electrons. The minimum absolute atomic E-state index is 0.0813. The van der Waals surface area contributed by atoms with Crippen LogP contribution in [-0.4, -0.2) is 26.4 Å². The largest absolute Gasteiger partial charge is 0.311 e. The number of carbonyl (C=O) groups excluding carboxylic acids is 1. The molecule has 2 heterocycles. The van der Waals surface area contributed by atoms with E-state index in [1.807, 2.05) is 24.3 Å². The van der Waals surface area contributed by atoms with Gasteiger partial charge in [-0.2, -0.15) is 16.9 Å². The number of amides is 1. The lowest BCUT2D eigenvalue weighted by molar-refractivity contribution is -0.115. The van der Waals surface area contributed by atoms with Crippen LogP contribution in [-0.2, 0) is 16.0 Å². The number of anilines is 1. The van der Waals surface area contributed by atoms with Gasteiger partial charge in [0.1, 0.15) is 11.6 Å². The van der Waals surface area contributed by atoms with Crippen molar-refractivity contribution in [1.29, 1.82) is 0 Å². The maximum atomic E-state index is 13.3. The number of pyridine rings is 1. The van der Waals surface area contributed by atoms with Crippen LogP contribution in [0.15, 0.2) is 54.7 Å². The van der Waals surface area contributed by atoms with Gasteiger partial charge in [0.2, 0.25) is 5.91 Å². The molecule has 0 unspecified atom stereocenters. The van der Waals surface area contributed by atoms with Crippen LogP contribution in [0.25, 0.3) is 5.69 Å². The maximum Gasteiger partial charge on any atom is 0.226 e. The first kappa shape index (κ1) is 21.0. The molecule has 1 aromatic carbocycles. The Morgan fingerprint density at radius 3 is 2.59 bits per heavy atom. The third-order valence-corrected chi connectivity index (χ3v) is 5.26. The van der Waals surface area contributed by atoms with Gasteiger partial charge in [0.25, 0.3) is 0 Å². The Kier molecular flexibility index (Phi) is 6.69. The number of benzene rings is 1. The standard InChI is InChI=1S/C22H25FN4OS/c1-22(2,3)19-14-20(27(26-19)18-9-7-16(23)8-10-18)25-21(28)11-13-29-15-17-6-4-5-12-24-17/h4-10,12,14H,11,13,15H2,1-3H3,(H,25,28). The van der Waals surface area contributed by atoms with Crippen molar-refractivity contribution in [2.45, 2.75) is 38.4 Å². The minimum atomic E-state index is -0.313. The lowest BCUT2D eigenvalue weighted by atomic mass is 9.92. The van der Waals surface area contributed by atoms with Crippen molar-refractivity contribution in [3.05, 3.63) is 71.9 Å². The van der Waals surface area contributed by atoms with Gasteiger partial charge in [0.15, 0.2) is 0 Å². The summed E-state index contributed by atoms with van der Waals surface area (Å²) in [4.78, 5) is 16.8. The molecule has 0 spiro atoms. The predicted molar refractivity (Wildman–Crippen MR) is 116 cm³/mol. The molecule has 29 heavy (non-hydrogen) atoms. The molecule has 5 nitrogen and oxygen atoms in total. The molecular formula is C22H25FN4OS. The zero-order valence-electron chi connectivity index (χ0n) is 16.9. The van der Waals surface area contributed by atoms with Gasteiger partial charge in [-0.3, -0.25) is 9.78 Å². The van der Waals surface area contributed by atoms with E-state index in [4.69, 9.17) is 0 Å². The van der Waals surface area contributed by atoms with E-state index in [0.29, 0.717) is 23.7 Å². The summed E-state index contributed by atoms with van der Waals surface area (Å²) in [5, 5.41) is 7.59. The average Bonchev–Trinajstić information content (AvgIpc) is 3.11. The van der Waals surface area contributed by atoms with E-state index < -0.39 is 0 Å². The Hall–Kier alpha value is -2.67. The number of nitrogens with zero attached hydrogens (tertiary/aromatic N) is 3. The second kappa shape index (κ2) is 9.22. The third-order valence-electron chi connectivity index (χ3n) is 4.27. The number of aromatic nitrogens is 3. The minimum Gasteiger partial charge on any atom is -0.311 e. The summed E-state index contributed by atoms with van der Waals surface area (Å²) in [5.74, 6) is 1.66. The van der Waals surface area contributed by atoms with Gasteiger partial charge in [-0.25, -0.2) is 9.07 Å². The van der Waals surface area contributed by atoms with Crippen molar-refractivity contribution in [3.8, 4) is 5.69 Å². The number of hydrogen-bond acceptors (Lipinski definition) is 4. The van der Waals surface area contributed by atoms with Crippen molar-refractivity contribution >= 4 is 23.5 Å². The van der Waals surface area contributed by atoms with E-state index in [1.165, 1.54) is 12.1 Å². The summed E-state index contributed by atoms with van der Waals surface area (Å²) < 4.78 is 14.9. The van der Waals surface area contributed by atoms with Gasteiger partial charge in [-0.15, -0.1) is 0 Å². The van der Waals surface area contributed by atoms with Crippen LogP contribution < -0.4 is 5.32 Å². The van der Waals surface area contributed by atoms with Crippen LogP contribution >= 0.6 is 11.8 Å². The van der Waals surface area contributed by atoms with Gasteiger partial charge in [0, 0.05) is 35.6 Å². The summed E-state index contributed by atoms with van der Waals surface area (Å²) in [5.41, 5.74) is 2.37. The van der Waals surface area contributed by atoms with Crippen molar-refractivity contribution in [2.24, 2.45) is 0 Å². The molecule has 0 aliphatic heterocycles. The molecule has 0 saturated heterocycles. The van der Waals surface area contributed by atoms with Gasteiger partial charge in [0.05, 0.1) is 17.1 Å². The van der Waals surface area contributed by atoms with E-state index in [-0.39, 0.29) is 17.1 Å². The third kappa shape index (κ3) is 5.90. The number of hydrogen-bond donors (Lipinski definition) is 1. The summed E-state index contributed by atoms with van der Waals surface area (Å²) in [6.07, 6.45) is 2.16. The molecule has 0 saturated carbocycles. The lowest BCUT2D eigenvalue weighted by Crippen LogP contribution is -2.15. The van der Waals surface area contributed by atoms with Gasteiger partial charge < -0.3 is 5.32 Å². The molecule has 0 atom stereocenters. The van der Waals surface area contributed by atoms with Gasteiger partial charge in [-0.05, 0) is 36.4 Å². The van der Waals surface area contributed by atoms with Crippen LogP contribution in [0.4, 0.5) is 10.2 Å². The molecule has 0 fully saturated rings. The Morgan fingerprint density at radius 1 is 1.17 bits per heavy atom. The highest BCUT2D eigenvalue weighted by Gasteiger charge is 2.21. The second-order valence-electron chi connectivity index (χ2n) is 7.72. The topological polar surface area (TPSA) is 59.8 Å². The van der Waals surface area contributed by atoms with E-state index >= 15 is 0 Å². The predicted octanol–water partition coefficient (Wildman–Crippen LogP) is 4.97. The number of halogens is 1. The summed E-state index contributed by atoms with van der Waals surface area (Å²) in [7, 11) is 0. The van der Waals surface area contributed by atoms with Crippen LogP contribution in [0.1, 0.15) is 38.6 Å². The Bertz CT molecular complexity index is 949. The SMILES string of the molecule is CC(C)(C)c1cc(NC(=O)CCSCc2ccccn2)n(-c2ccc(F)cc2)n1. The molecule has 0 bridgehead atoms. The Balaban J connectivity index is 1.66. The molecule has 0 aliphatic rings. The number of carbonyl (C=O) groups is 1. The number of nitrogens with one attached hydrogen (secondary N) is 1. The molecule has 3 rings (SSSR count). The first-order valence-corrected chi connectivity index (χ1v) is 10.6. The van der Waals surface area contributed by atoms with Crippen LogP contribution in [0.5, 0.6) is 0 Å². The maximum absolute atomic E-state index is 13.3. The van der Waals surface area contributed by atoms with Crippen molar-refractivity contribution in [2.75, 3.05) is 11.1 Å². The summed E-state index contributed by atoms with van der Waals surface area (Å²) in [6.45, 7) is 6.18. The smallest absolute Gasteiger partial charge is 0.226 e. The van der Waals surface area contributed by atoms with Crippen LogP contribution in [0, 0.1) is 5.82 Å². The monoisotopic (exact) mass is 412 g/mol. The zero-order valence-corrected chi connectivity index (χ0v) is 17.7. The number of rotatable bonds is 7. The first-order chi connectivity index (χ1) is 13.8. The Morgan fingerprint density at radius 2 is 1.93 bits per heavy atom. The highest BCUT2D eigenvalue weighted by molar-refractivity contribution is 7.98. The van der Waals surface area contributed by atoms with Crippen molar-refractivity contribution in [1.82, 2.24) is 14.8 Å². The van der Waals surface area contributed by atoms with E-state index in [0.717, 1.165) is 17.1 Å². The fourth-order valence-electron chi connectivity index (χ4n) is 2.65. The molecule has 2 aromatic heterocycles. The van der Waals surface area contributed by atoms with Crippen molar-refractivity contribution in [3.63, 3.8) is 0 Å². The summed E-state index contributed by atoms with van der Waals surface area (Å²) in [6, 6.07) is 13.8. The molecule has 7 heteroatoms. The highest BCUT2D eigenvalue weighted by Crippen LogP contribution is 2.26. The number of thioether (sulfide) groups is 1. The molecule has 0 aliphatic carbocycles. The zero-order chi connectivity index (χ0) is 20.9. The second-order valence-corrected chi connectivity index (χ2v) is 8.83. The normalized spacial score (nSPS) is 11.4. The molecule has 1 amide bonds. The fraction of sp³-hybridized carbons (Fsp3) is 0.318. The first-order valence-electron chi connectivity index (χ1n) is 9.47. The Labute approximate surface area is 174 Å². The molecule has 3 aromatic rings. The quantitative estimate of drug-likeness (QED) is 0.557. The van der Waals surface area contributed by atoms with E-state index in [1.54, 1.807) is 34.8 Å². The molecular weight excluding hydrogens is 387 g/mol. The van der Waals surface area contributed by atoms with Gasteiger partial charge >= 0.3 is 0 Å². The molecule has 1 N–H and O–H groups in total. The van der Waals surface area contributed by atoms with Crippen molar-refractivity contribution < 1.29 is 9.18 Å². The highest BCUT2D eigenvalue weighted by atomic mass is 32.2. The summed E-state index contributed by atoms with van der Waals surface area (Å²) >= 11 is 1.67. The molecule has 0 radical (unpaired) electrons. The van der Waals surface area contributed by atoms with E-state index in [9.17, 15) is 9.18 Å². The van der Waals surface area contributed by atoms with Crippen LogP contribution in [0.3, 0.4) is 0 Å². The van der Waals surface area contributed by atoms with Crippen LogP contribution in [0.2, 0.25) is 0 Å². The fourth-order valence-corrected chi connectivity index (χ4v) is 3.50. The van der Waals surface area contributed by atoms with E-state index in [2.05, 4.69) is 36.2 Å². The lowest BCUT2D eigenvalue weighted by Gasteiger charge is -2.14. The van der Waals surface area contributed by atoms with Gasteiger partial charge in [-0.1, -0.05) is 26.8 Å². The average molecular weight is 413 g/mol.